The van der Waals surface area contributed by atoms with Gasteiger partial charge >= 0.3 is 0 Å². The van der Waals surface area contributed by atoms with Crippen LogP contribution in [0.15, 0.2) is 24.3 Å². The maximum absolute atomic E-state index is 12.0. The van der Waals surface area contributed by atoms with E-state index in [1.54, 1.807) is 7.11 Å². The molecule has 2 rings (SSSR count). The summed E-state index contributed by atoms with van der Waals surface area (Å²) in [7, 11) is 1.62. The number of ether oxygens (including phenoxy) is 1. The standard InChI is InChI=1S/C13H18N2O2/c1-17-11-4-2-9(3-5-11)13(12(16)8-15)6-10(13)7-14/h2-5,10H,6-8,14-15H2,1H3. The van der Waals surface area contributed by atoms with Gasteiger partial charge in [0.25, 0.3) is 0 Å². The highest BCUT2D eigenvalue weighted by Crippen LogP contribution is 2.54. The van der Waals surface area contributed by atoms with Gasteiger partial charge in [0.1, 0.15) is 5.75 Å². The second-order valence-electron chi connectivity index (χ2n) is 4.46. The average molecular weight is 234 g/mol. The van der Waals surface area contributed by atoms with Crippen molar-refractivity contribution in [1.29, 1.82) is 0 Å². The van der Waals surface area contributed by atoms with Crippen molar-refractivity contribution in [3.63, 3.8) is 0 Å². The normalized spacial score (nSPS) is 26.6. The van der Waals surface area contributed by atoms with Gasteiger partial charge in [0.2, 0.25) is 0 Å². The van der Waals surface area contributed by atoms with Crippen LogP contribution in [-0.2, 0) is 10.2 Å². The van der Waals surface area contributed by atoms with Gasteiger partial charge in [0.15, 0.2) is 5.78 Å². The highest BCUT2D eigenvalue weighted by atomic mass is 16.5. The number of Topliss-reactive ketones (excluding diaryl/α,β-unsaturated/α-hetero) is 1. The molecule has 1 fully saturated rings. The van der Waals surface area contributed by atoms with Crippen LogP contribution in [0.5, 0.6) is 5.75 Å². The number of hydrogen-bond acceptors (Lipinski definition) is 4. The summed E-state index contributed by atoms with van der Waals surface area (Å²) in [6.45, 7) is 0.598. The number of hydrogen-bond donors (Lipinski definition) is 2. The lowest BCUT2D eigenvalue weighted by Gasteiger charge is -2.16. The largest absolute Gasteiger partial charge is 0.497 e. The van der Waals surface area contributed by atoms with Gasteiger partial charge in [-0.3, -0.25) is 4.79 Å². The number of methoxy groups -OCH3 is 1. The topological polar surface area (TPSA) is 78.3 Å². The summed E-state index contributed by atoms with van der Waals surface area (Å²) in [6, 6.07) is 7.60. The van der Waals surface area contributed by atoms with E-state index in [-0.39, 0.29) is 18.2 Å². The van der Waals surface area contributed by atoms with Crippen molar-refractivity contribution in [3.8, 4) is 5.75 Å². The van der Waals surface area contributed by atoms with Crippen LogP contribution in [0, 0.1) is 5.92 Å². The fourth-order valence-corrected chi connectivity index (χ4v) is 2.54. The summed E-state index contributed by atoms with van der Waals surface area (Å²) in [5.41, 5.74) is 11.7. The minimum Gasteiger partial charge on any atom is -0.497 e. The molecule has 2 atom stereocenters. The maximum Gasteiger partial charge on any atom is 0.157 e. The fourth-order valence-electron chi connectivity index (χ4n) is 2.54. The monoisotopic (exact) mass is 234 g/mol. The first-order valence-electron chi connectivity index (χ1n) is 5.77. The summed E-state index contributed by atoms with van der Waals surface area (Å²) in [5, 5.41) is 0. The molecule has 92 valence electrons. The predicted molar refractivity (Wildman–Crippen MR) is 65.9 cm³/mol. The number of nitrogens with two attached hydrogens (primary N) is 2. The first-order valence-corrected chi connectivity index (χ1v) is 5.77. The van der Waals surface area contributed by atoms with Gasteiger partial charge in [-0.05, 0) is 36.6 Å². The minimum absolute atomic E-state index is 0.0720. The highest BCUT2D eigenvalue weighted by Gasteiger charge is 2.58. The van der Waals surface area contributed by atoms with Crippen molar-refractivity contribution in [2.75, 3.05) is 20.2 Å². The second-order valence-corrected chi connectivity index (χ2v) is 4.46. The van der Waals surface area contributed by atoms with E-state index in [1.165, 1.54) is 0 Å². The molecule has 4 N–H and O–H groups in total. The van der Waals surface area contributed by atoms with E-state index in [9.17, 15) is 4.79 Å². The first kappa shape index (κ1) is 12.1. The molecule has 1 aromatic rings. The second kappa shape index (κ2) is 4.47. The molecule has 1 saturated carbocycles. The van der Waals surface area contributed by atoms with Crippen LogP contribution in [0.25, 0.3) is 0 Å². The Kier molecular flexibility index (Phi) is 3.17. The van der Waals surface area contributed by atoms with E-state index >= 15 is 0 Å². The number of carbonyl (C=O) groups excluding carboxylic acids is 1. The SMILES string of the molecule is COc1ccc(C2(C(=O)CN)CC2CN)cc1. The maximum atomic E-state index is 12.0. The molecule has 1 aliphatic carbocycles. The molecule has 4 heteroatoms. The third-order valence-electron chi connectivity index (χ3n) is 3.68. The highest BCUT2D eigenvalue weighted by molar-refractivity contribution is 5.95. The Morgan fingerprint density at radius 3 is 2.47 bits per heavy atom. The zero-order valence-electron chi connectivity index (χ0n) is 9.98. The molecule has 0 saturated heterocycles. The molecule has 0 heterocycles. The van der Waals surface area contributed by atoms with Gasteiger partial charge in [0.05, 0.1) is 19.1 Å². The summed E-state index contributed by atoms with van der Waals surface area (Å²) >= 11 is 0. The third kappa shape index (κ3) is 1.83. The van der Waals surface area contributed by atoms with Crippen LogP contribution in [0.1, 0.15) is 12.0 Å². The fraction of sp³-hybridized carbons (Fsp3) is 0.462. The Labute approximate surface area is 101 Å². The van der Waals surface area contributed by atoms with Crippen molar-refractivity contribution in [2.24, 2.45) is 17.4 Å². The Hall–Kier alpha value is -1.39. The number of benzene rings is 1. The molecule has 0 spiro atoms. The van der Waals surface area contributed by atoms with E-state index in [4.69, 9.17) is 16.2 Å². The van der Waals surface area contributed by atoms with Crippen molar-refractivity contribution >= 4 is 5.78 Å². The zero-order chi connectivity index (χ0) is 12.5. The van der Waals surface area contributed by atoms with Crippen LogP contribution in [-0.4, -0.2) is 26.0 Å². The summed E-state index contributed by atoms with van der Waals surface area (Å²) in [4.78, 5) is 12.0. The smallest absolute Gasteiger partial charge is 0.157 e. The molecule has 0 aliphatic heterocycles. The Balaban J connectivity index is 2.31. The number of ketones is 1. The average Bonchev–Trinajstić information content (AvgIpc) is 3.13. The molecule has 1 aromatic carbocycles. The molecule has 17 heavy (non-hydrogen) atoms. The zero-order valence-corrected chi connectivity index (χ0v) is 9.98. The van der Waals surface area contributed by atoms with Crippen LogP contribution < -0.4 is 16.2 Å². The lowest BCUT2D eigenvalue weighted by molar-refractivity contribution is -0.120. The summed E-state index contributed by atoms with van der Waals surface area (Å²) in [5.74, 6) is 1.10. The molecular weight excluding hydrogens is 216 g/mol. The van der Waals surface area contributed by atoms with Gasteiger partial charge in [0, 0.05) is 0 Å². The number of carbonyl (C=O) groups is 1. The number of rotatable bonds is 5. The molecule has 4 nitrogen and oxygen atoms in total. The van der Waals surface area contributed by atoms with E-state index < -0.39 is 5.41 Å². The minimum atomic E-state index is -0.435. The Morgan fingerprint density at radius 1 is 1.41 bits per heavy atom. The van der Waals surface area contributed by atoms with Gasteiger partial charge in [-0.2, -0.15) is 0 Å². The lowest BCUT2D eigenvalue weighted by Crippen LogP contribution is -2.31. The van der Waals surface area contributed by atoms with Crippen LogP contribution in [0.3, 0.4) is 0 Å². The molecule has 1 aliphatic rings. The molecule has 0 aromatic heterocycles. The lowest BCUT2D eigenvalue weighted by atomic mass is 9.88. The molecule has 0 amide bonds. The van der Waals surface area contributed by atoms with Crippen molar-refractivity contribution in [1.82, 2.24) is 0 Å². The van der Waals surface area contributed by atoms with Gasteiger partial charge in [-0.25, -0.2) is 0 Å². The molecular formula is C13H18N2O2. The predicted octanol–water partition coefficient (Wildman–Crippen LogP) is 0.439. The van der Waals surface area contributed by atoms with Crippen molar-refractivity contribution in [2.45, 2.75) is 11.8 Å². The first-order chi connectivity index (χ1) is 8.18. The van der Waals surface area contributed by atoms with E-state index in [2.05, 4.69) is 0 Å². The van der Waals surface area contributed by atoms with Crippen LogP contribution in [0.2, 0.25) is 0 Å². The summed E-state index contributed by atoms with van der Waals surface area (Å²) < 4.78 is 5.11. The van der Waals surface area contributed by atoms with Crippen LogP contribution >= 0.6 is 0 Å². The van der Waals surface area contributed by atoms with Gasteiger partial charge in [-0.1, -0.05) is 12.1 Å². The van der Waals surface area contributed by atoms with E-state index in [0.29, 0.717) is 6.54 Å². The van der Waals surface area contributed by atoms with Gasteiger partial charge < -0.3 is 16.2 Å². The van der Waals surface area contributed by atoms with Crippen molar-refractivity contribution in [3.05, 3.63) is 29.8 Å². The van der Waals surface area contributed by atoms with Gasteiger partial charge in [-0.15, -0.1) is 0 Å². The Bertz CT molecular complexity index is 416. The molecule has 2 unspecified atom stereocenters. The molecule has 0 bridgehead atoms. The molecule has 0 radical (unpaired) electrons. The summed E-state index contributed by atoms with van der Waals surface area (Å²) in [6.07, 6.45) is 0.811. The van der Waals surface area contributed by atoms with Crippen molar-refractivity contribution < 1.29 is 9.53 Å². The van der Waals surface area contributed by atoms with E-state index in [0.717, 1.165) is 17.7 Å². The van der Waals surface area contributed by atoms with Crippen LogP contribution in [0.4, 0.5) is 0 Å². The van der Waals surface area contributed by atoms with E-state index in [1.807, 2.05) is 24.3 Å². The Morgan fingerprint density at radius 2 is 2.06 bits per heavy atom. The third-order valence-corrected chi connectivity index (χ3v) is 3.68. The quantitative estimate of drug-likeness (QED) is 0.775.